The molecule has 2 rings (SSSR count). The van der Waals surface area contributed by atoms with Gasteiger partial charge in [-0.1, -0.05) is 11.8 Å². The number of carbonyl (C=O) groups excluding carboxylic acids is 2. The molecule has 0 saturated heterocycles. The Bertz CT molecular complexity index is 646. The molecule has 8 nitrogen and oxygen atoms in total. The molecule has 0 fully saturated rings. The number of hydrogen-bond donors (Lipinski definition) is 2. The van der Waals surface area contributed by atoms with E-state index < -0.39 is 10.0 Å². The number of primary sulfonamides is 1. The molecule has 0 saturated carbocycles. The number of benzene rings is 1. The first kappa shape index (κ1) is 15.1. The fourth-order valence-electron chi connectivity index (χ4n) is 1.06. The quantitative estimate of drug-likeness (QED) is 0.815. The van der Waals surface area contributed by atoms with Crippen molar-refractivity contribution in [2.45, 2.75) is 14.8 Å². The lowest BCUT2D eigenvalue weighted by atomic mass is 10.4. The van der Waals surface area contributed by atoms with Gasteiger partial charge in [-0.25, -0.2) is 13.6 Å². The van der Waals surface area contributed by atoms with Crippen LogP contribution in [0.3, 0.4) is 0 Å². The van der Waals surface area contributed by atoms with Crippen molar-refractivity contribution in [2.24, 2.45) is 5.14 Å². The maximum absolute atomic E-state index is 11.0. The number of nitrogens with one attached hydrogen (secondary N) is 1. The zero-order valence-electron chi connectivity index (χ0n) is 9.31. The van der Waals surface area contributed by atoms with Crippen LogP contribution in [0, 0.1) is 0 Å². The van der Waals surface area contributed by atoms with E-state index in [1.807, 2.05) is 0 Å². The fourth-order valence-corrected chi connectivity index (χ4v) is 2.28. The van der Waals surface area contributed by atoms with Crippen LogP contribution in [0.2, 0.25) is 0 Å². The number of hydrogen-bond acceptors (Lipinski definition) is 7. The van der Waals surface area contributed by atoms with Crippen LogP contribution in [-0.4, -0.2) is 30.0 Å². The molecule has 0 aliphatic rings. The van der Waals surface area contributed by atoms with Crippen molar-refractivity contribution in [1.29, 1.82) is 0 Å². The number of nitrogens with zero attached hydrogens (tertiary/aromatic N) is 2. The maximum atomic E-state index is 11.0. The lowest BCUT2D eigenvalue weighted by Gasteiger charge is -1.99. The molecule has 0 atom stereocenters. The summed E-state index contributed by atoms with van der Waals surface area (Å²) in [5.41, 5.74) is 0. The second-order valence-corrected chi connectivity index (χ2v) is 5.67. The Labute approximate surface area is 112 Å². The van der Waals surface area contributed by atoms with Crippen molar-refractivity contribution < 1.29 is 18.0 Å². The predicted octanol–water partition coefficient (Wildman–Crippen LogP) is 0.0198. The number of nitrogens with two attached hydrogens (primary N) is 1. The highest BCUT2D eigenvalue weighted by atomic mass is 32.2. The first-order valence-electron chi connectivity index (χ1n) is 4.63. The molecular weight excluding hydrogens is 292 g/mol. The number of H-pyrrole nitrogens is 1. The highest BCUT2D eigenvalue weighted by Crippen LogP contribution is 2.25. The second kappa shape index (κ2) is 6.81. The van der Waals surface area contributed by atoms with Crippen LogP contribution >= 0.6 is 11.8 Å². The number of aromatic amines is 1. The third kappa shape index (κ3) is 5.02. The standard InChI is InChI=1S/C8H8N4O2S2.CO2/c9-16(13,14)7-3-1-6(2-4-7)15-8-5-10-12-11-8;2-1-3/h1-5H,(H2,9,13,14)(H,10,11,12);. The summed E-state index contributed by atoms with van der Waals surface area (Å²) in [5.74, 6) is 0. The molecule has 0 unspecified atom stereocenters. The van der Waals surface area contributed by atoms with Crippen molar-refractivity contribution >= 4 is 27.9 Å². The summed E-state index contributed by atoms with van der Waals surface area (Å²) in [7, 11) is -3.63. The van der Waals surface area contributed by atoms with E-state index in [2.05, 4.69) is 15.4 Å². The van der Waals surface area contributed by atoms with Gasteiger partial charge < -0.3 is 0 Å². The summed E-state index contributed by atoms with van der Waals surface area (Å²) in [6.45, 7) is 0. The molecule has 3 N–H and O–H groups in total. The molecule has 0 aliphatic heterocycles. The van der Waals surface area contributed by atoms with E-state index >= 15 is 0 Å². The van der Waals surface area contributed by atoms with E-state index in [4.69, 9.17) is 14.7 Å². The number of rotatable bonds is 3. The number of sulfonamides is 1. The van der Waals surface area contributed by atoms with Gasteiger partial charge in [-0.05, 0) is 24.3 Å². The number of aromatic nitrogens is 3. The highest BCUT2D eigenvalue weighted by Gasteiger charge is 2.07. The molecule has 0 radical (unpaired) electrons. The van der Waals surface area contributed by atoms with E-state index in [0.717, 1.165) is 4.90 Å². The Morgan fingerprint density at radius 3 is 2.21 bits per heavy atom. The van der Waals surface area contributed by atoms with Gasteiger partial charge in [-0.2, -0.15) is 19.9 Å². The molecule has 1 aromatic carbocycles. The van der Waals surface area contributed by atoms with Gasteiger partial charge in [0.1, 0.15) is 5.03 Å². The predicted molar refractivity (Wildman–Crippen MR) is 63.3 cm³/mol. The Hall–Kier alpha value is -2.00. The van der Waals surface area contributed by atoms with Crippen LogP contribution < -0.4 is 5.14 Å². The van der Waals surface area contributed by atoms with E-state index in [-0.39, 0.29) is 11.0 Å². The summed E-state index contributed by atoms with van der Waals surface area (Å²) < 4.78 is 22.0. The maximum Gasteiger partial charge on any atom is 0.373 e. The molecule has 1 aromatic heterocycles. The average Bonchev–Trinajstić information content (AvgIpc) is 2.82. The second-order valence-electron chi connectivity index (χ2n) is 3.01. The van der Waals surface area contributed by atoms with Gasteiger partial charge in [0, 0.05) is 4.90 Å². The average molecular weight is 300 g/mol. The fraction of sp³-hybridized carbons (Fsp3) is 0. The first-order valence-corrected chi connectivity index (χ1v) is 6.99. The van der Waals surface area contributed by atoms with Crippen molar-refractivity contribution in [3.63, 3.8) is 0 Å². The van der Waals surface area contributed by atoms with Crippen molar-refractivity contribution in [2.75, 3.05) is 0 Å². The van der Waals surface area contributed by atoms with E-state index in [1.54, 1.807) is 18.3 Å². The molecule has 0 bridgehead atoms. The normalized spacial score (nSPS) is 10.2. The molecule has 0 aliphatic carbocycles. The Kier molecular flexibility index (Phi) is 5.39. The van der Waals surface area contributed by atoms with Gasteiger partial charge in [-0.3, -0.25) is 0 Å². The first-order chi connectivity index (χ1) is 8.97. The summed E-state index contributed by atoms with van der Waals surface area (Å²) in [6.07, 6.45) is 1.83. The molecule has 1 heterocycles. The molecule has 19 heavy (non-hydrogen) atoms. The van der Waals surface area contributed by atoms with Crippen LogP contribution in [0.5, 0.6) is 0 Å². The van der Waals surface area contributed by atoms with Crippen molar-refractivity contribution in [3.8, 4) is 0 Å². The van der Waals surface area contributed by atoms with Crippen LogP contribution in [0.1, 0.15) is 0 Å². The minimum Gasteiger partial charge on any atom is -0.225 e. The molecule has 100 valence electrons. The summed E-state index contributed by atoms with van der Waals surface area (Å²) in [4.78, 5) is 17.2. The SMILES string of the molecule is NS(=O)(=O)c1ccc(Sc2cn[nH]n2)cc1.O=C=O. The topological polar surface area (TPSA) is 136 Å². The summed E-state index contributed by atoms with van der Waals surface area (Å²) in [6, 6.07) is 6.24. The van der Waals surface area contributed by atoms with Gasteiger partial charge in [-0.15, -0.1) is 5.10 Å². The van der Waals surface area contributed by atoms with Gasteiger partial charge in [0.15, 0.2) is 0 Å². The van der Waals surface area contributed by atoms with Crippen LogP contribution in [0.25, 0.3) is 0 Å². The van der Waals surface area contributed by atoms with Gasteiger partial charge in [0.25, 0.3) is 0 Å². The van der Waals surface area contributed by atoms with E-state index in [1.165, 1.54) is 23.9 Å². The van der Waals surface area contributed by atoms with Gasteiger partial charge in [0.05, 0.1) is 11.1 Å². The van der Waals surface area contributed by atoms with Crippen molar-refractivity contribution in [1.82, 2.24) is 15.4 Å². The van der Waals surface area contributed by atoms with Crippen LogP contribution in [0.4, 0.5) is 0 Å². The minimum absolute atomic E-state index is 0.0944. The van der Waals surface area contributed by atoms with Gasteiger partial charge in [0.2, 0.25) is 10.0 Å². The lowest BCUT2D eigenvalue weighted by Crippen LogP contribution is -2.11. The summed E-state index contributed by atoms with van der Waals surface area (Å²) in [5, 5.41) is 15.7. The zero-order chi connectivity index (χ0) is 14.3. The van der Waals surface area contributed by atoms with Crippen LogP contribution in [0.15, 0.2) is 45.3 Å². The third-order valence-electron chi connectivity index (χ3n) is 1.77. The van der Waals surface area contributed by atoms with E-state index in [9.17, 15) is 8.42 Å². The minimum atomic E-state index is -3.63. The van der Waals surface area contributed by atoms with Gasteiger partial charge >= 0.3 is 6.15 Å². The Morgan fingerprint density at radius 1 is 1.21 bits per heavy atom. The van der Waals surface area contributed by atoms with E-state index in [0.29, 0.717) is 5.03 Å². The zero-order valence-corrected chi connectivity index (χ0v) is 10.9. The molecular formula is C9H8N4O4S2. The molecule has 10 heteroatoms. The molecule has 0 spiro atoms. The van der Waals surface area contributed by atoms with Crippen LogP contribution in [-0.2, 0) is 19.6 Å². The largest absolute Gasteiger partial charge is 0.373 e. The Morgan fingerprint density at radius 2 is 1.79 bits per heavy atom. The molecule has 2 aromatic rings. The third-order valence-corrected chi connectivity index (χ3v) is 3.61. The van der Waals surface area contributed by atoms with Crippen molar-refractivity contribution in [3.05, 3.63) is 30.5 Å². The monoisotopic (exact) mass is 300 g/mol. The smallest absolute Gasteiger partial charge is 0.225 e. The Balaban J connectivity index is 0.000000550. The lowest BCUT2D eigenvalue weighted by molar-refractivity contribution is -0.191. The summed E-state index contributed by atoms with van der Waals surface area (Å²) >= 11 is 1.37. The molecule has 0 amide bonds. The highest BCUT2D eigenvalue weighted by molar-refractivity contribution is 7.99.